The summed E-state index contributed by atoms with van der Waals surface area (Å²) in [5, 5.41) is 2.62. The zero-order valence-electron chi connectivity index (χ0n) is 11.0. The number of esters is 1. The van der Waals surface area contributed by atoms with Gasteiger partial charge in [-0.1, -0.05) is 19.1 Å². The number of anilines is 1. The van der Waals surface area contributed by atoms with Crippen LogP contribution in [-0.4, -0.2) is 33.3 Å². The molecule has 1 unspecified atom stereocenters. The quantitative estimate of drug-likeness (QED) is 0.814. The van der Waals surface area contributed by atoms with E-state index in [1.54, 1.807) is 6.92 Å². The fraction of sp³-hybridized carbons (Fsp3) is 0.417. The van der Waals surface area contributed by atoms with Crippen LogP contribution in [0.5, 0.6) is 0 Å². The molecule has 20 heavy (non-hydrogen) atoms. The van der Waals surface area contributed by atoms with Crippen LogP contribution in [0.4, 0.5) is 14.5 Å². The van der Waals surface area contributed by atoms with Crippen molar-refractivity contribution in [2.45, 2.75) is 30.0 Å². The summed E-state index contributed by atoms with van der Waals surface area (Å²) >= 11 is 0. The molecule has 0 aliphatic heterocycles. The Kier molecular flexibility index (Phi) is 5.43. The molecule has 0 bridgehead atoms. The number of hydrogen-bond donors (Lipinski definition) is 1. The molecule has 5 nitrogen and oxygen atoms in total. The topological polar surface area (TPSA) is 72.5 Å². The molecule has 0 aliphatic rings. The Morgan fingerprint density at radius 3 is 2.45 bits per heavy atom. The molecule has 0 aromatic heterocycles. The van der Waals surface area contributed by atoms with Crippen LogP contribution in [0, 0.1) is 0 Å². The number of alkyl halides is 2. The fourth-order valence-corrected chi connectivity index (χ4v) is 2.48. The Balaban J connectivity index is 3.18. The van der Waals surface area contributed by atoms with Crippen LogP contribution in [0.15, 0.2) is 29.2 Å². The van der Waals surface area contributed by atoms with E-state index in [2.05, 4.69) is 10.1 Å². The van der Waals surface area contributed by atoms with Crippen molar-refractivity contribution in [1.29, 1.82) is 0 Å². The second-order valence-corrected chi connectivity index (χ2v) is 5.82. The van der Waals surface area contributed by atoms with Crippen LogP contribution >= 0.6 is 0 Å². The van der Waals surface area contributed by atoms with E-state index in [0.717, 1.165) is 6.07 Å². The van der Waals surface area contributed by atoms with E-state index in [-0.39, 0.29) is 5.69 Å². The first kappa shape index (κ1) is 16.4. The molecular formula is C12H15F2NO4S. The van der Waals surface area contributed by atoms with Crippen molar-refractivity contribution >= 4 is 21.5 Å². The van der Waals surface area contributed by atoms with E-state index in [9.17, 15) is 22.0 Å². The lowest BCUT2D eigenvalue weighted by atomic mass is 10.2. The second kappa shape index (κ2) is 6.65. The molecule has 0 aliphatic carbocycles. The van der Waals surface area contributed by atoms with E-state index in [0.29, 0.717) is 6.42 Å². The van der Waals surface area contributed by atoms with Gasteiger partial charge in [0, 0.05) is 0 Å². The van der Waals surface area contributed by atoms with Crippen molar-refractivity contribution in [2.75, 3.05) is 12.4 Å². The lowest BCUT2D eigenvalue weighted by Gasteiger charge is -2.18. The number of para-hydroxylation sites is 1. The summed E-state index contributed by atoms with van der Waals surface area (Å²) in [6.07, 6.45) is 0.315. The number of sulfone groups is 1. The standard InChI is InChI=1S/C12H15F2NO4S/c1-3-8(11(16)19-2)15-9-6-4-5-7-10(9)20(17,18)12(13)14/h4-8,12,15H,3H2,1-2H3. The number of carbonyl (C=O) groups is 1. The van der Waals surface area contributed by atoms with Gasteiger partial charge in [-0.2, -0.15) is 8.78 Å². The number of halogens is 2. The molecular weight excluding hydrogens is 292 g/mol. The van der Waals surface area contributed by atoms with Gasteiger partial charge in [-0.3, -0.25) is 0 Å². The van der Waals surface area contributed by atoms with Crippen LogP contribution in [0.2, 0.25) is 0 Å². The van der Waals surface area contributed by atoms with Crippen molar-refractivity contribution < 1.29 is 26.7 Å². The normalized spacial score (nSPS) is 13.1. The largest absolute Gasteiger partial charge is 0.467 e. The molecule has 0 saturated carbocycles. The minimum atomic E-state index is -4.74. The van der Waals surface area contributed by atoms with Gasteiger partial charge in [0.2, 0.25) is 9.84 Å². The minimum absolute atomic E-state index is 0.0509. The summed E-state index contributed by atoms with van der Waals surface area (Å²) in [6.45, 7) is 1.68. The predicted octanol–water partition coefficient (Wildman–Crippen LogP) is 2.05. The molecule has 1 atom stereocenters. The molecule has 0 radical (unpaired) electrons. The Morgan fingerprint density at radius 1 is 1.35 bits per heavy atom. The van der Waals surface area contributed by atoms with E-state index in [4.69, 9.17) is 0 Å². The Bertz CT molecular complexity index is 575. The van der Waals surface area contributed by atoms with Gasteiger partial charge in [0.25, 0.3) is 0 Å². The smallest absolute Gasteiger partial charge is 0.341 e. The molecule has 0 heterocycles. The molecule has 112 valence electrons. The number of ether oxygens (including phenoxy) is 1. The van der Waals surface area contributed by atoms with Crippen molar-refractivity contribution in [3.8, 4) is 0 Å². The van der Waals surface area contributed by atoms with Crippen LogP contribution in [0.25, 0.3) is 0 Å². The number of benzene rings is 1. The van der Waals surface area contributed by atoms with Crippen molar-refractivity contribution in [1.82, 2.24) is 0 Å². The monoisotopic (exact) mass is 307 g/mol. The second-order valence-electron chi connectivity index (χ2n) is 3.93. The third-order valence-electron chi connectivity index (χ3n) is 2.65. The molecule has 1 rings (SSSR count). The number of rotatable bonds is 6. The average Bonchev–Trinajstić information content (AvgIpc) is 2.44. The Labute approximate surface area is 115 Å². The van der Waals surface area contributed by atoms with Crippen molar-refractivity contribution in [3.05, 3.63) is 24.3 Å². The van der Waals surface area contributed by atoms with E-state index in [1.807, 2.05) is 0 Å². The average molecular weight is 307 g/mol. The molecule has 0 amide bonds. The summed E-state index contributed by atoms with van der Waals surface area (Å²) < 4.78 is 52.9. The number of nitrogens with one attached hydrogen (secondary N) is 1. The molecule has 0 saturated heterocycles. The third-order valence-corrected chi connectivity index (χ3v) is 4.09. The highest BCUT2D eigenvalue weighted by atomic mass is 32.2. The SMILES string of the molecule is CCC(Nc1ccccc1S(=O)(=O)C(F)F)C(=O)OC. The highest BCUT2D eigenvalue weighted by molar-refractivity contribution is 7.91. The molecule has 1 aromatic rings. The maximum atomic E-state index is 12.6. The van der Waals surface area contributed by atoms with Gasteiger partial charge in [0.05, 0.1) is 17.7 Å². The zero-order valence-corrected chi connectivity index (χ0v) is 11.8. The minimum Gasteiger partial charge on any atom is -0.467 e. The zero-order chi connectivity index (χ0) is 15.3. The van der Waals surface area contributed by atoms with Gasteiger partial charge in [-0.15, -0.1) is 0 Å². The van der Waals surface area contributed by atoms with Crippen molar-refractivity contribution in [3.63, 3.8) is 0 Å². The van der Waals surface area contributed by atoms with Gasteiger partial charge in [0.15, 0.2) is 0 Å². The van der Waals surface area contributed by atoms with Crippen LogP contribution < -0.4 is 5.32 Å². The van der Waals surface area contributed by atoms with Crippen molar-refractivity contribution in [2.24, 2.45) is 0 Å². The van der Waals surface area contributed by atoms with E-state index in [1.165, 1.54) is 25.3 Å². The van der Waals surface area contributed by atoms with Gasteiger partial charge in [-0.05, 0) is 18.6 Å². The van der Waals surface area contributed by atoms with Crippen LogP contribution in [0.3, 0.4) is 0 Å². The first-order chi connectivity index (χ1) is 9.34. The fourth-order valence-electron chi connectivity index (χ4n) is 1.59. The summed E-state index contributed by atoms with van der Waals surface area (Å²) in [7, 11) is -3.55. The number of methoxy groups -OCH3 is 1. The summed E-state index contributed by atoms with van der Waals surface area (Å²) in [5.74, 6) is -4.12. The highest BCUT2D eigenvalue weighted by Gasteiger charge is 2.30. The predicted molar refractivity (Wildman–Crippen MR) is 69.3 cm³/mol. The van der Waals surface area contributed by atoms with Gasteiger partial charge < -0.3 is 10.1 Å². The Morgan fingerprint density at radius 2 is 1.95 bits per heavy atom. The lowest BCUT2D eigenvalue weighted by Crippen LogP contribution is -2.30. The molecule has 0 fully saturated rings. The molecule has 0 spiro atoms. The first-order valence-electron chi connectivity index (χ1n) is 5.80. The van der Waals surface area contributed by atoms with Gasteiger partial charge >= 0.3 is 11.7 Å². The summed E-state index contributed by atoms with van der Waals surface area (Å²) in [5.41, 5.74) is -0.0509. The summed E-state index contributed by atoms with van der Waals surface area (Å²) in [6, 6.07) is 4.39. The highest BCUT2D eigenvalue weighted by Crippen LogP contribution is 2.26. The van der Waals surface area contributed by atoms with Gasteiger partial charge in [-0.25, -0.2) is 13.2 Å². The van der Waals surface area contributed by atoms with E-state index >= 15 is 0 Å². The number of hydrogen-bond acceptors (Lipinski definition) is 5. The van der Waals surface area contributed by atoms with Crippen LogP contribution in [-0.2, 0) is 19.4 Å². The Hall–Kier alpha value is -1.70. The molecule has 1 N–H and O–H groups in total. The van der Waals surface area contributed by atoms with Gasteiger partial charge in [0.1, 0.15) is 6.04 Å². The van der Waals surface area contributed by atoms with E-state index < -0.39 is 32.5 Å². The van der Waals surface area contributed by atoms with Crippen LogP contribution in [0.1, 0.15) is 13.3 Å². The molecule has 1 aromatic carbocycles. The maximum absolute atomic E-state index is 12.6. The summed E-state index contributed by atoms with van der Waals surface area (Å²) in [4.78, 5) is 10.9. The molecule has 8 heteroatoms. The lowest BCUT2D eigenvalue weighted by molar-refractivity contribution is -0.141. The third kappa shape index (κ3) is 3.44. The maximum Gasteiger partial charge on any atom is 0.341 e. The number of carbonyl (C=O) groups excluding carboxylic acids is 1. The first-order valence-corrected chi connectivity index (χ1v) is 7.34.